The van der Waals surface area contributed by atoms with Crippen molar-refractivity contribution in [3.63, 3.8) is 0 Å². The summed E-state index contributed by atoms with van der Waals surface area (Å²) < 4.78 is 21.7. The van der Waals surface area contributed by atoms with E-state index in [-0.39, 0.29) is 24.1 Å². The summed E-state index contributed by atoms with van der Waals surface area (Å²) in [5.74, 6) is 0.751. The van der Waals surface area contributed by atoms with Crippen LogP contribution in [0.5, 0.6) is 11.5 Å². The molecule has 0 amide bonds. The number of hydrogen-bond donors (Lipinski definition) is 0. The van der Waals surface area contributed by atoms with Crippen LogP contribution in [-0.2, 0) is 9.47 Å². The summed E-state index contributed by atoms with van der Waals surface area (Å²) in [6, 6.07) is 37.8. The van der Waals surface area contributed by atoms with Crippen molar-refractivity contribution < 1.29 is 28.5 Å². The minimum absolute atomic E-state index is 0.377. The molecule has 222 valence electrons. The summed E-state index contributed by atoms with van der Waals surface area (Å²) in [7, 11) is 3.23. The van der Waals surface area contributed by atoms with Crippen LogP contribution in [0, 0.1) is 0 Å². The maximum atomic E-state index is 12.7. The summed E-state index contributed by atoms with van der Waals surface area (Å²) in [5.41, 5.74) is 6.78. The zero-order valence-corrected chi connectivity index (χ0v) is 25.2. The summed E-state index contributed by atoms with van der Waals surface area (Å²) in [4.78, 5) is 25.5. The van der Waals surface area contributed by atoms with Crippen LogP contribution < -0.4 is 9.47 Å². The van der Waals surface area contributed by atoms with Gasteiger partial charge in [0.15, 0.2) is 0 Å². The first-order valence-corrected chi connectivity index (χ1v) is 14.4. The molecule has 0 aromatic heterocycles. The first-order chi connectivity index (χ1) is 21.3. The lowest BCUT2D eigenvalue weighted by atomic mass is 9.99. The van der Waals surface area contributed by atoms with E-state index in [2.05, 4.69) is 0 Å². The number of methoxy groups -OCH3 is 2. The van der Waals surface area contributed by atoms with Gasteiger partial charge in [-0.15, -0.1) is 0 Å². The lowest BCUT2D eigenvalue weighted by Gasteiger charge is -2.14. The average molecular weight is 587 g/mol. The lowest BCUT2D eigenvalue weighted by Crippen LogP contribution is -2.09. The highest BCUT2D eigenvalue weighted by molar-refractivity contribution is 5.91. The van der Waals surface area contributed by atoms with Crippen LogP contribution in [0.25, 0.3) is 22.3 Å². The largest absolute Gasteiger partial charge is 0.497 e. The van der Waals surface area contributed by atoms with E-state index < -0.39 is 0 Å². The van der Waals surface area contributed by atoms with Gasteiger partial charge in [0.05, 0.1) is 25.3 Å². The highest BCUT2D eigenvalue weighted by atomic mass is 16.5. The Morgan fingerprint density at radius 3 is 0.977 bits per heavy atom. The maximum absolute atomic E-state index is 12.7. The third-order valence-electron chi connectivity index (χ3n) is 7.53. The normalized spacial score (nSPS) is 12.1. The van der Waals surface area contributed by atoms with Crippen LogP contribution in [0.4, 0.5) is 0 Å². The molecule has 0 spiro atoms. The molecule has 0 fully saturated rings. The average Bonchev–Trinajstić information content (AvgIpc) is 3.08. The number of benzene rings is 5. The molecule has 0 unspecified atom stereocenters. The Morgan fingerprint density at radius 1 is 0.432 bits per heavy atom. The Labute approximate surface area is 257 Å². The third-order valence-corrected chi connectivity index (χ3v) is 7.53. The van der Waals surface area contributed by atoms with Gasteiger partial charge >= 0.3 is 11.9 Å². The Hall–Kier alpha value is -5.36. The molecule has 0 saturated carbocycles. The second kappa shape index (κ2) is 13.7. The highest BCUT2D eigenvalue weighted by Crippen LogP contribution is 2.28. The zero-order chi connectivity index (χ0) is 31.1. The fraction of sp³-hybridized carbons (Fsp3) is 0.158. The van der Waals surface area contributed by atoms with E-state index in [0.717, 1.165) is 44.9 Å². The molecule has 0 aliphatic rings. The Morgan fingerprint density at radius 2 is 0.705 bits per heavy atom. The number of esters is 2. The Balaban J connectivity index is 1.18. The van der Waals surface area contributed by atoms with Gasteiger partial charge in [0, 0.05) is 0 Å². The predicted octanol–water partition coefficient (Wildman–Crippen LogP) is 8.87. The van der Waals surface area contributed by atoms with Crippen LogP contribution >= 0.6 is 0 Å². The van der Waals surface area contributed by atoms with Gasteiger partial charge in [-0.25, -0.2) is 9.59 Å². The topological polar surface area (TPSA) is 71.1 Å². The molecular weight excluding hydrogens is 552 g/mol. The van der Waals surface area contributed by atoms with Crippen molar-refractivity contribution in [2.45, 2.75) is 26.1 Å². The Kier molecular flexibility index (Phi) is 9.40. The minimum Gasteiger partial charge on any atom is -0.497 e. The van der Waals surface area contributed by atoms with E-state index in [1.807, 2.05) is 111 Å². The molecular formula is C38H34O6. The first-order valence-electron chi connectivity index (χ1n) is 14.4. The quantitative estimate of drug-likeness (QED) is 0.152. The predicted molar refractivity (Wildman–Crippen MR) is 171 cm³/mol. The van der Waals surface area contributed by atoms with E-state index in [4.69, 9.17) is 18.9 Å². The molecule has 2 atom stereocenters. The number of hydrogen-bond acceptors (Lipinski definition) is 6. The summed E-state index contributed by atoms with van der Waals surface area (Å²) in [6.45, 7) is 3.69. The van der Waals surface area contributed by atoms with Crippen LogP contribution in [0.2, 0.25) is 0 Å². The van der Waals surface area contributed by atoms with Gasteiger partial charge in [0.25, 0.3) is 0 Å². The number of carbonyl (C=O) groups is 2. The number of rotatable bonds is 10. The van der Waals surface area contributed by atoms with E-state index in [9.17, 15) is 9.59 Å². The fourth-order valence-electron chi connectivity index (χ4n) is 4.80. The molecule has 0 heterocycles. The maximum Gasteiger partial charge on any atom is 0.338 e. The van der Waals surface area contributed by atoms with Gasteiger partial charge in [0.2, 0.25) is 0 Å². The SMILES string of the molecule is COc1ccc([C@H](C)OC(=O)c2ccc(-c3ccc(-c4ccc(C(=O)O[C@@H](C)c5ccc(OC)cc5)cc4)cc3)cc2)cc1. The minimum atomic E-state index is -0.386. The zero-order valence-electron chi connectivity index (χ0n) is 25.2. The smallest absolute Gasteiger partial charge is 0.338 e. The number of ether oxygens (including phenoxy) is 4. The monoisotopic (exact) mass is 586 g/mol. The van der Waals surface area contributed by atoms with Crippen molar-refractivity contribution in [1.29, 1.82) is 0 Å². The number of carbonyl (C=O) groups excluding carboxylic acids is 2. The van der Waals surface area contributed by atoms with E-state index in [1.54, 1.807) is 38.5 Å². The van der Waals surface area contributed by atoms with Crippen LogP contribution in [-0.4, -0.2) is 26.2 Å². The van der Waals surface area contributed by atoms with Gasteiger partial charge in [0.1, 0.15) is 23.7 Å². The van der Waals surface area contributed by atoms with Crippen molar-refractivity contribution in [3.8, 4) is 33.8 Å². The highest BCUT2D eigenvalue weighted by Gasteiger charge is 2.16. The Bertz CT molecular complexity index is 1560. The standard InChI is InChI=1S/C38H34O6/c1-25(27-17-21-35(41-3)22-18-27)43-37(39)33-13-9-31(10-14-33)29-5-7-30(8-6-29)32-11-15-34(16-12-32)38(40)44-26(2)28-19-23-36(42-4)24-20-28/h5-26H,1-4H3/t25-,26-/m0/s1. The summed E-state index contributed by atoms with van der Waals surface area (Å²) in [5, 5.41) is 0. The van der Waals surface area contributed by atoms with Crippen LogP contribution in [0.15, 0.2) is 121 Å². The fourth-order valence-corrected chi connectivity index (χ4v) is 4.80. The van der Waals surface area contributed by atoms with Gasteiger partial charge in [-0.05, 0) is 95.8 Å². The van der Waals surface area contributed by atoms with E-state index in [1.165, 1.54) is 0 Å². The molecule has 6 heteroatoms. The molecule has 44 heavy (non-hydrogen) atoms. The van der Waals surface area contributed by atoms with Gasteiger partial charge in [-0.3, -0.25) is 0 Å². The molecule has 0 bridgehead atoms. The second-order valence-electron chi connectivity index (χ2n) is 10.4. The molecule has 5 rings (SSSR count). The van der Waals surface area contributed by atoms with Crippen LogP contribution in [0.3, 0.4) is 0 Å². The lowest BCUT2D eigenvalue weighted by molar-refractivity contribution is 0.0328. The molecule has 0 saturated heterocycles. The van der Waals surface area contributed by atoms with Crippen molar-refractivity contribution in [2.24, 2.45) is 0 Å². The van der Waals surface area contributed by atoms with Crippen molar-refractivity contribution >= 4 is 11.9 Å². The first kappa shape index (κ1) is 30.1. The molecule has 5 aromatic carbocycles. The summed E-state index contributed by atoms with van der Waals surface area (Å²) >= 11 is 0. The van der Waals surface area contributed by atoms with Crippen molar-refractivity contribution in [2.75, 3.05) is 14.2 Å². The molecule has 0 N–H and O–H groups in total. The second-order valence-corrected chi connectivity index (χ2v) is 10.4. The van der Waals surface area contributed by atoms with E-state index >= 15 is 0 Å². The molecule has 5 aromatic rings. The van der Waals surface area contributed by atoms with E-state index in [0.29, 0.717) is 11.1 Å². The molecule has 0 radical (unpaired) electrons. The van der Waals surface area contributed by atoms with Crippen molar-refractivity contribution in [3.05, 3.63) is 144 Å². The van der Waals surface area contributed by atoms with Crippen LogP contribution in [0.1, 0.15) is 57.9 Å². The molecule has 0 aliphatic heterocycles. The van der Waals surface area contributed by atoms with Gasteiger partial charge in [-0.1, -0.05) is 72.8 Å². The third kappa shape index (κ3) is 7.16. The molecule has 0 aliphatic carbocycles. The van der Waals surface area contributed by atoms with Gasteiger partial charge in [-0.2, -0.15) is 0 Å². The molecule has 6 nitrogen and oxygen atoms in total. The summed E-state index contributed by atoms with van der Waals surface area (Å²) in [6.07, 6.45) is -0.772. The van der Waals surface area contributed by atoms with Crippen molar-refractivity contribution in [1.82, 2.24) is 0 Å². The van der Waals surface area contributed by atoms with Gasteiger partial charge < -0.3 is 18.9 Å².